The first kappa shape index (κ1) is 18.7. The van der Waals surface area contributed by atoms with Crippen molar-refractivity contribution in [1.29, 1.82) is 0 Å². The Labute approximate surface area is 148 Å². The summed E-state index contributed by atoms with van der Waals surface area (Å²) in [5.74, 6) is -0.769. The Balaban J connectivity index is 2.20. The highest BCUT2D eigenvalue weighted by molar-refractivity contribution is 6.07. The van der Waals surface area contributed by atoms with Crippen LogP contribution in [0.4, 0.5) is 4.79 Å². The summed E-state index contributed by atoms with van der Waals surface area (Å²) in [6.07, 6.45) is 1.27. The van der Waals surface area contributed by atoms with Crippen molar-refractivity contribution in [2.75, 3.05) is 13.1 Å². The Bertz CT molecular complexity index is 664. The minimum Gasteiger partial charge on any atom is -0.444 e. The predicted molar refractivity (Wildman–Crippen MR) is 94.0 cm³/mol. The largest absolute Gasteiger partial charge is 0.444 e. The van der Waals surface area contributed by atoms with Crippen LogP contribution in [0.3, 0.4) is 0 Å². The molecule has 3 amide bonds. The lowest BCUT2D eigenvalue weighted by Crippen LogP contribution is -2.60. The van der Waals surface area contributed by atoms with Gasteiger partial charge in [-0.3, -0.25) is 19.4 Å². The van der Waals surface area contributed by atoms with Crippen molar-refractivity contribution >= 4 is 17.9 Å². The van der Waals surface area contributed by atoms with Gasteiger partial charge >= 0.3 is 6.09 Å². The molecule has 0 unspecified atom stereocenters. The molecule has 0 radical (unpaired) electrons. The van der Waals surface area contributed by atoms with E-state index in [0.717, 1.165) is 0 Å². The number of nitrogens with zero attached hydrogens (tertiary/aromatic N) is 2. The predicted octanol–water partition coefficient (Wildman–Crippen LogP) is 2.85. The van der Waals surface area contributed by atoms with Crippen LogP contribution < -0.4 is 0 Å². The van der Waals surface area contributed by atoms with Gasteiger partial charge in [-0.2, -0.15) is 0 Å². The van der Waals surface area contributed by atoms with Crippen molar-refractivity contribution in [2.24, 2.45) is 0 Å². The van der Waals surface area contributed by atoms with Crippen LogP contribution in [0.2, 0.25) is 0 Å². The van der Waals surface area contributed by atoms with Crippen molar-refractivity contribution in [1.82, 2.24) is 9.80 Å². The van der Waals surface area contributed by atoms with Gasteiger partial charge in [0.05, 0.1) is 0 Å². The highest BCUT2D eigenvalue weighted by Crippen LogP contribution is 2.20. The van der Waals surface area contributed by atoms with Gasteiger partial charge in [0, 0.05) is 18.7 Å². The number of hydrogen-bond acceptors (Lipinski definition) is 4. The summed E-state index contributed by atoms with van der Waals surface area (Å²) in [5, 5.41) is 0. The fourth-order valence-corrected chi connectivity index (χ4v) is 2.65. The molecular formula is C19H24N2O4. The molecule has 25 heavy (non-hydrogen) atoms. The van der Waals surface area contributed by atoms with E-state index in [0.29, 0.717) is 5.56 Å². The maximum absolute atomic E-state index is 12.8. The Hall–Kier alpha value is -2.63. The zero-order chi connectivity index (χ0) is 18.6. The monoisotopic (exact) mass is 344 g/mol. The molecule has 6 heteroatoms. The van der Waals surface area contributed by atoms with Crippen LogP contribution in [-0.2, 0) is 9.53 Å². The third kappa shape index (κ3) is 4.47. The molecule has 1 fully saturated rings. The quantitative estimate of drug-likeness (QED) is 0.625. The molecule has 0 aliphatic carbocycles. The third-order valence-electron chi connectivity index (χ3n) is 3.78. The Morgan fingerprint density at radius 2 is 1.88 bits per heavy atom. The van der Waals surface area contributed by atoms with Gasteiger partial charge in [-0.25, -0.2) is 4.79 Å². The van der Waals surface area contributed by atoms with E-state index in [4.69, 9.17) is 4.74 Å². The van der Waals surface area contributed by atoms with E-state index >= 15 is 0 Å². The number of carbonyl (C=O) groups excluding carboxylic acids is 3. The van der Waals surface area contributed by atoms with Crippen LogP contribution in [0, 0.1) is 0 Å². The first-order valence-corrected chi connectivity index (χ1v) is 8.26. The lowest BCUT2D eigenvalue weighted by atomic mass is 10.1. The molecule has 2 rings (SSSR count). The van der Waals surface area contributed by atoms with Gasteiger partial charge in [-0.15, -0.1) is 6.58 Å². The first-order chi connectivity index (χ1) is 11.7. The topological polar surface area (TPSA) is 66.9 Å². The van der Waals surface area contributed by atoms with Gasteiger partial charge in [0.25, 0.3) is 11.8 Å². The maximum Gasteiger partial charge on any atom is 0.411 e. The van der Waals surface area contributed by atoms with E-state index in [9.17, 15) is 14.4 Å². The molecule has 1 aromatic rings. The molecule has 1 heterocycles. The number of piperazine rings is 1. The van der Waals surface area contributed by atoms with Crippen molar-refractivity contribution in [3.8, 4) is 0 Å². The summed E-state index contributed by atoms with van der Waals surface area (Å²) in [6.45, 7) is 9.33. The fraction of sp³-hybridized carbons (Fsp3) is 0.421. The number of rotatable bonds is 3. The molecule has 1 atom stereocenters. The zero-order valence-corrected chi connectivity index (χ0v) is 14.9. The average molecular weight is 344 g/mol. The summed E-state index contributed by atoms with van der Waals surface area (Å²) >= 11 is 0. The standard InChI is InChI=1S/C19H24N2O4/c1-5-9-15-17(23)21(16(22)14-10-7-6-8-11-14)13-12-20(15)18(24)25-19(2,3)4/h5-8,10-11,15H,1,9,12-13H2,2-4H3/t15-/m0/s1. The first-order valence-electron chi connectivity index (χ1n) is 8.26. The van der Waals surface area contributed by atoms with Crippen molar-refractivity contribution in [3.05, 3.63) is 48.6 Å². The highest BCUT2D eigenvalue weighted by Gasteiger charge is 2.40. The second-order valence-corrected chi connectivity index (χ2v) is 6.87. The molecular weight excluding hydrogens is 320 g/mol. The van der Waals surface area contributed by atoms with Crippen LogP contribution >= 0.6 is 0 Å². The number of ether oxygens (including phenoxy) is 1. The normalized spacial score (nSPS) is 18.0. The smallest absolute Gasteiger partial charge is 0.411 e. The van der Waals surface area contributed by atoms with E-state index in [1.54, 1.807) is 57.2 Å². The number of hydrogen-bond donors (Lipinski definition) is 0. The van der Waals surface area contributed by atoms with Gasteiger partial charge in [0.2, 0.25) is 0 Å². The number of carbonyl (C=O) groups is 3. The summed E-state index contributed by atoms with van der Waals surface area (Å²) in [5.41, 5.74) is -0.213. The molecule has 6 nitrogen and oxygen atoms in total. The van der Waals surface area contributed by atoms with Gasteiger partial charge in [-0.05, 0) is 39.3 Å². The lowest BCUT2D eigenvalue weighted by molar-refractivity contribution is -0.138. The molecule has 1 saturated heterocycles. The Morgan fingerprint density at radius 1 is 1.24 bits per heavy atom. The Morgan fingerprint density at radius 3 is 2.44 bits per heavy atom. The highest BCUT2D eigenvalue weighted by atomic mass is 16.6. The third-order valence-corrected chi connectivity index (χ3v) is 3.78. The van der Waals surface area contributed by atoms with E-state index in [-0.39, 0.29) is 25.4 Å². The van der Waals surface area contributed by atoms with Gasteiger partial charge in [0.1, 0.15) is 11.6 Å². The van der Waals surface area contributed by atoms with Gasteiger partial charge in [0.15, 0.2) is 0 Å². The van der Waals surface area contributed by atoms with E-state index < -0.39 is 23.6 Å². The summed E-state index contributed by atoms with van der Waals surface area (Å²) < 4.78 is 5.38. The van der Waals surface area contributed by atoms with Gasteiger partial charge < -0.3 is 4.74 Å². The molecule has 0 saturated carbocycles. The average Bonchev–Trinajstić information content (AvgIpc) is 2.55. The molecule has 1 aliphatic heterocycles. The van der Waals surface area contributed by atoms with Crippen LogP contribution in [-0.4, -0.2) is 52.4 Å². The fourth-order valence-electron chi connectivity index (χ4n) is 2.65. The molecule has 1 aliphatic rings. The SMILES string of the molecule is C=CC[C@H]1C(=O)N(C(=O)c2ccccc2)CCN1C(=O)OC(C)(C)C. The minimum absolute atomic E-state index is 0.138. The van der Waals surface area contributed by atoms with Crippen LogP contribution in [0.15, 0.2) is 43.0 Å². The minimum atomic E-state index is -0.784. The summed E-state index contributed by atoms with van der Waals surface area (Å²) in [6, 6.07) is 7.84. The van der Waals surface area contributed by atoms with Crippen molar-refractivity contribution < 1.29 is 19.1 Å². The van der Waals surface area contributed by atoms with Crippen molar-refractivity contribution in [2.45, 2.75) is 38.8 Å². The van der Waals surface area contributed by atoms with Crippen LogP contribution in [0.1, 0.15) is 37.6 Å². The lowest BCUT2D eigenvalue weighted by Gasteiger charge is -2.39. The number of amides is 3. The zero-order valence-electron chi connectivity index (χ0n) is 14.9. The maximum atomic E-state index is 12.8. The molecule has 0 N–H and O–H groups in total. The number of imide groups is 1. The second-order valence-electron chi connectivity index (χ2n) is 6.87. The van der Waals surface area contributed by atoms with Crippen molar-refractivity contribution in [3.63, 3.8) is 0 Å². The van der Waals surface area contributed by atoms with E-state index in [1.165, 1.54) is 9.80 Å². The van der Waals surface area contributed by atoms with Gasteiger partial charge in [-0.1, -0.05) is 24.3 Å². The summed E-state index contributed by atoms with van der Waals surface area (Å²) in [7, 11) is 0. The number of benzene rings is 1. The molecule has 0 bridgehead atoms. The molecule has 0 spiro atoms. The molecule has 134 valence electrons. The molecule has 1 aromatic carbocycles. The second kappa shape index (κ2) is 7.51. The van der Waals surface area contributed by atoms with Crippen LogP contribution in [0.25, 0.3) is 0 Å². The summed E-state index contributed by atoms with van der Waals surface area (Å²) in [4.78, 5) is 40.4. The van der Waals surface area contributed by atoms with E-state index in [1.807, 2.05) is 0 Å². The van der Waals surface area contributed by atoms with Crippen LogP contribution in [0.5, 0.6) is 0 Å². The Kier molecular flexibility index (Phi) is 5.62. The van der Waals surface area contributed by atoms with E-state index in [2.05, 4.69) is 6.58 Å². The molecule has 0 aromatic heterocycles.